The molecule has 0 aliphatic heterocycles. The molecule has 0 spiro atoms. The molecule has 0 fully saturated rings. The molecule has 182 valence electrons. The predicted octanol–water partition coefficient (Wildman–Crippen LogP) is 8.41. The summed E-state index contributed by atoms with van der Waals surface area (Å²) in [6, 6.07) is 6.94. The first-order valence-corrected chi connectivity index (χ1v) is 13.0. The van der Waals surface area contributed by atoms with Gasteiger partial charge >= 0.3 is 11.9 Å². The highest BCUT2D eigenvalue weighted by molar-refractivity contribution is 5.76. The molecule has 0 aliphatic carbocycles. The number of hydrogen-bond donors (Lipinski definition) is 0. The Kier molecular flexibility index (Phi) is 16.5. The van der Waals surface area contributed by atoms with Crippen molar-refractivity contribution in [2.75, 3.05) is 0 Å². The van der Waals surface area contributed by atoms with Gasteiger partial charge in [0.25, 0.3) is 0 Å². The number of rotatable bonds is 19. The number of para-hydroxylation sites is 2. The molecular formula is C28H46O4. The molecular weight excluding hydrogens is 400 g/mol. The predicted molar refractivity (Wildman–Crippen MR) is 132 cm³/mol. The molecule has 4 heteroatoms. The third kappa shape index (κ3) is 15.0. The quantitative estimate of drug-likeness (QED) is 0.122. The molecule has 1 aromatic carbocycles. The zero-order valence-corrected chi connectivity index (χ0v) is 20.8. The van der Waals surface area contributed by atoms with E-state index in [4.69, 9.17) is 9.47 Å². The number of benzene rings is 1. The molecule has 0 aromatic heterocycles. The second-order valence-electron chi connectivity index (χ2n) is 9.32. The van der Waals surface area contributed by atoms with Crippen molar-refractivity contribution in [3.63, 3.8) is 0 Å². The fourth-order valence-corrected chi connectivity index (χ4v) is 3.72. The van der Waals surface area contributed by atoms with Crippen LogP contribution in [-0.4, -0.2) is 11.9 Å². The Morgan fingerprint density at radius 3 is 1.50 bits per heavy atom. The average Bonchev–Trinajstić information content (AvgIpc) is 2.76. The van der Waals surface area contributed by atoms with Gasteiger partial charge in [0, 0.05) is 12.8 Å². The number of ether oxygens (including phenoxy) is 2. The van der Waals surface area contributed by atoms with Crippen LogP contribution in [0.5, 0.6) is 11.5 Å². The van der Waals surface area contributed by atoms with Crippen LogP contribution < -0.4 is 9.47 Å². The van der Waals surface area contributed by atoms with Crippen LogP contribution in [0.25, 0.3) is 0 Å². The fourth-order valence-electron chi connectivity index (χ4n) is 3.72. The van der Waals surface area contributed by atoms with Crippen molar-refractivity contribution in [3.05, 3.63) is 24.3 Å². The van der Waals surface area contributed by atoms with Gasteiger partial charge in [0.1, 0.15) is 0 Å². The minimum atomic E-state index is -0.265. The Bertz CT molecular complexity index is 624. The van der Waals surface area contributed by atoms with Gasteiger partial charge in [-0.15, -0.1) is 0 Å². The molecule has 0 radical (unpaired) electrons. The van der Waals surface area contributed by atoms with Crippen LogP contribution in [0.3, 0.4) is 0 Å². The third-order valence-electron chi connectivity index (χ3n) is 5.69. The third-order valence-corrected chi connectivity index (χ3v) is 5.69. The zero-order chi connectivity index (χ0) is 23.4. The van der Waals surface area contributed by atoms with E-state index in [1.807, 2.05) is 0 Å². The van der Waals surface area contributed by atoms with E-state index in [1.54, 1.807) is 24.3 Å². The van der Waals surface area contributed by atoms with Gasteiger partial charge in [-0.2, -0.15) is 0 Å². The van der Waals surface area contributed by atoms with E-state index >= 15 is 0 Å². The number of carbonyl (C=O) groups excluding carboxylic acids is 2. The summed E-state index contributed by atoms with van der Waals surface area (Å²) in [5.74, 6) is 0.900. The minimum Gasteiger partial charge on any atom is -0.423 e. The molecule has 1 aromatic rings. The highest BCUT2D eigenvalue weighted by Crippen LogP contribution is 2.27. The molecule has 0 saturated carbocycles. The molecule has 4 nitrogen and oxygen atoms in total. The SMILES string of the molecule is CCCCCCCCCCC(=O)Oc1ccccc1OC(=O)CCCCCCCC(C)C. The van der Waals surface area contributed by atoms with Crippen LogP contribution in [0.2, 0.25) is 0 Å². The monoisotopic (exact) mass is 446 g/mol. The molecule has 0 N–H and O–H groups in total. The highest BCUT2D eigenvalue weighted by atomic mass is 16.6. The largest absolute Gasteiger partial charge is 0.423 e. The van der Waals surface area contributed by atoms with Crippen molar-refractivity contribution >= 4 is 11.9 Å². The Hall–Kier alpha value is -1.84. The van der Waals surface area contributed by atoms with E-state index in [9.17, 15) is 9.59 Å². The van der Waals surface area contributed by atoms with Gasteiger partial charge in [0.2, 0.25) is 0 Å². The molecule has 0 saturated heterocycles. The van der Waals surface area contributed by atoms with Gasteiger partial charge < -0.3 is 9.47 Å². The van der Waals surface area contributed by atoms with Crippen LogP contribution >= 0.6 is 0 Å². The van der Waals surface area contributed by atoms with Crippen LogP contribution in [0.1, 0.15) is 124 Å². The normalized spacial score (nSPS) is 11.0. The minimum absolute atomic E-state index is 0.263. The van der Waals surface area contributed by atoms with Crippen LogP contribution in [0.15, 0.2) is 24.3 Å². The topological polar surface area (TPSA) is 52.6 Å². The van der Waals surface area contributed by atoms with Gasteiger partial charge in [0.05, 0.1) is 0 Å². The Morgan fingerprint density at radius 2 is 1.06 bits per heavy atom. The van der Waals surface area contributed by atoms with Crippen molar-refractivity contribution in [2.45, 2.75) is 124 Å². The maximum atomic E-state index is 12.2. The van der Waals surface area contributed by atoms with Crippen molar-refractivity contribution < 1.29 is 19.1 Å². The second-order valence-corrected chi connectivity index (χ2v) is 9.32. The first-order chi connectivity index (χ1) is 15.5. The smallest absolute Gasteiger partial charge is 0.311 e. The average molecular weight is 447 g/mol. The summed E-state index contributed by atoms with van der Waals surface area (Å²) in [5.41, 5.74) is 0. The van der Waals surface area contributed by atoms with Crippen LogP contribution in [0.4, 0.5) is 0 Å². The summed E-state index contributed by atoms with van der Waals surface area (Å²) in [4.78, 5) is 24.4. The Balaban J connectivity index is 2.23. The molecule has 0 unspecified atom stereocenters. The van der Waals surface area contributed by atoms with Crippen molar-refractivity contribution in [2.24, 2.45) is 5.92 Å². The summed E-state index contributed by atoms with van der Waals surface area (Å²) in [7, 11) is 0. The maximum absolute atomic E-state index is 12.2. The van der Waals surface area contributed by atoms with E-state index in [-0.39, 0.29) is 11.9 Å². The Morgan fingerprint density at radius 1 is 0.656 bits per heavy atom. The molecule has 32 heavy (non-hydrogen) atoms. The van der Waals surface area contributed by atoms with E-state index < -0.39 is 0 Å². The Labute approximate surface area is 196 Å². The van der Waals surface area contributed by atoms with Gasteiger partial charge in [-0.1, -0.05) is 110 Å². The molecule has 0 amide bonds. The molecule has 0 atom stereocenters. The van der Waals surface area contributed by atoms with E-state index in [1.165, 1.54) is 57.8 Å². The lowest BCUT2D eigenvalue weighted by atomic mass is 10.0. The van der Waals surface area contributed by atoms with Gasteiger partial charge in [-0.3, -0.25) is 9.59 Å². The van der Waals surface area contributed by atoms with Crippen molar-refractivity contribution in [1.29, 1.82) is 0 Å². The van der Waals surface area contributed by atoms with E-state index in [0.29, 0.717) is 24.3 Å². The zero-order valence-electron chi connectivity index (χ0n) is 20.8. The summed E-state index contributed by atoms with van der Waals surface area (Å²) in [6.45, 7) is 6.73. The van der Waals surface area contributed by atoms with Crippen molar-refractivity contribution in [1.82, 2.24) is 0 Å². The number of esters is 2. The van der Waals surface area contributed by atoms with E-state index in [0.717, 1.165) is 38.0 Å². The van der Waals surface area contributed by atoms with Gasteiger partial charge in [-0.05, 0) is 30.9 Å². The first-order valence-electron chi connectivity index (χ1n) is 13.0. The summed E-state index contributed by atoms with van der Waals surface area (Å²) < 4.78 is 11.0. The number of unbranched alkanes of at least 4 members (excludes halogenated alkanes) is 11. The lowest BCUT2D eigenvalue weighted by molar-refractivity contribution is -0.137. The van der Waals surface area contributed by atoms with Crippen molar-refractivity contribution in [3.8, 4) is 11.5 Å². The summed E-state index contributed by atoms with van der Waals surface area (Å²) >= 11 is 0. The summed E-state index contributed by atoms with van der Waals surface area (Å²) in [6.07, 6.45) is 17.1. The van der Waals surface area contributed by atoms with E-state index in [2.05, 4.69) is 20.8 Å². The first kappa shape index (κ1) is 28.2. The fraction of sp³-hybridized carbons (Fsp3) is 0.714. The lowest BCUT2D eigenvalue weighted by Gasteiger charge is -2.10. The second kappa shape index (κ2) is 18.7. The summed E-state index contributed by atoms with van der Waals surface area (Å²) in [5, 5.41) is 0. The molecule has 0 bridgehead atoms. The lowest BCUT2D eigenvalue weighted by Crippen LogP contribution is -2.12. The number of carbonyl (C=O) groups is 2. The molecule has 0 aliphatic rings. The standard InChI is InChI=1S/C28H46O4/c1-4-5-6-7-8-9-12-15-22-27(29)31-25-20-17-18-21-26(25)32-28(30)23-16-13-10-11-14-19-24(2)3/h17-18,20-21,24H,4-16,19,22-23H2,1-3H3. The molecule has 1 rings (SSSR count). The van der Waals surface area contributed by atoms with Crippen LogP contribution in [-0.2, 0) is 9.59 Å². The van der Waals surface area contributed by atoms with Gasteiger partial charge in [0.15, 0.2) is 11.5 Å². The number of hydrogen-bond acceptors (Lipinski definition) is 4. The van der Waals surface area contributed by atoms with Gasteiger partial charge in [-0.25, -0.2) is 0 Å². The van der Waals surface area contributed by atoms with Crippen LogP contribution in [0, 0.1) is 5.92 Å². The highest BCUT2D eigenvalue weighted by Gasteiger charge is 2.13. The maximum Gasteiger partial charge on any atom is 0.311 e. The molecule has 0 heterocycles.